The van der Waals surface area contributed by atoms with Crippen LogP contribution in [0.2, 0.25) is 0 Å². The number of carbonyl (C=O) groups excluding carboxylic acids is 1. The summed E-state index contributed by atoms with van der Waals surface area (Å²) in [5.41, 5.74) is 0.837. The number of hydrogen-bond acceptors (Lipinski definition) is 3. The molecule has 1 heterocycles. The second-order valence-corrected chi connectivity index (χ2v) is 7.35. The van der Waals surface area contributed by atoms with Gasteiger partial charge in [-0.25, -0.2) is 4.79 Å². The van der Waals surface area contributed by atoms with Crippen LogP contribution in [0.15, 0.2) is 18.2 Å². The molecule has 0 aromatic heterocycles. The Morgan fingerprint density at radius 1 is 1.19 bits per heavy atom. The third-order valence-electron chi connectivity index (χ3n) is 5.45. The van der Waals surface area contributed by atoms with Crippen LogP contribution in [0, 0.1) is 0 Å². The van der Waals surface area contributed by atoms with Gasteiger partial charge in [-0.05, 0) is 30.5 Å². The zero-order chi connectivity index (χ0) is 19.5. The van der Waals surface area contributed by atoms with E-state index in [4.69, 9.17) is 9.47 Å². The van der Waals surface area contributed by atoms with E-state index in [1.807, 2.05) is 18.2 Å². The van der Waals surface area contributed by atoms with Gasteiger partial charge in [0.1, 0.15) is 0 Å². The van der Waals surface area contributed by atoms with E-state index in [1.54, 1.807) is 0 Å². The van der Waals surface area contributed by atoms with E-state index in [0.29, 0.717) is 18.0 Å². The number of benzene rings is 1. The molecule has 1 aromatic carbocycles. The molecule has 1 saturated carbocycles. The van der Waals surface area contributed by atoms with E-state index < -0.39 is 18.6 Å². The fourth-order valence-electron chi connectivity index (χ4n) is 3.80. The third kappa shape index (κ3) is 4.78. The van der Waals surface area contributed by atoms with E-state index >= 15 is 0 Å². The fourth-order valence-corrected chi connectivity index (χ4v) is 3.80. The van der Waals surface area contributed by atoms with Gasteiger partial charge in [-0.2, -0.15) is 13.2 Å². The molecule has 27 heavy (non-hydrogen) atoms. The molecular formula is C19H25F3N2O3. The fraction of sp³-hybridized carbons (Fsp3) is 0.632. The first-order chi connectivity index (χ1) is 12.8. The van der Waals surface area contributed by atoms with Gasteiger partial charge in [0.25, 0.3) is 0 Å². The standard InChI is InChI=1S/C19H25F3N2O3/c1-24(10-9-19(20,21)22)17(25)23-12-18(7-3-2-4-8-18)14-5-6-15-16(11-14)27-13-26-15/h5-6,11H,2-4,7-10,12-13H2,1H3,(H,23,25). The smallest absolute Gasteiger partial charge is 0.390 e. The SMILES string of the molecule is CN(CCC(F)(F)F)C(=O)NCC1(c2ccc3c(c2)OCO3)CCCCC1. The Labute approximate surface area is 156 Å². The van der Waals surface area contributed by atoms with Gasteiger partial charge in [0, 0.05) is 25.6 Å². The van der Waals surface area contributed by atoms with E-state index in [0.717, 1.165) is 42.6 Å². The lowest BCUT2D eigenvalue weighted by atomic mass is 9.69. The third-order valence-corrected chi connectivity index (χ3v) is 5.45. The molecule has 2 aliphatic rings. The molecule has 1 aliphatic heterocycles. The van der Waals surface area contributed by atoms with Crippen LogP contribution in [0.1, 0.15) is 44.1 Å². The van der Waals surface area contributed by atoms with Crippen molar-refractivity contribution >= 4 is 6.03 Å². The Bertz CT molecular complexity index is 673. The van der Waals surface area contributed by atoms with Gasteiger partial charge in [0.05, 0.1) is 6.42 Å². The van der Waals surface area contributed by atoms with Gasteiger partial charge in [0.15, 0.2) is 11.5 Å². The average molecular weight is 386 g/mol. The lowest BCUT2D eigenvalue weighted by Crippen LogP contribution is -2.46. The molecule has 2 amide bonds. The van der Waals surface area contributed by atoms with Crippen molar-refractivity contribution in [1.82, 2.24) is 10.2 Å². The number of nitrogens with zero attached hydrogens (tertiary/aromatic N) is 1. The van der Waals surface area contributed by atoms with Crippen molar-refractivity contribution in [1.29, 1.82) is 0 Å². The first-order valence-electron chi connectivity index (χ1n) is 9.25. The van der Waals surface area contributed by atoms with Gasteiger partial charge in [-0.3, -0.25) is 0 Å². The molecule has 0 radical (unpaired) electrons. The Kier molecular flexibility index (Phi) is 5.72. The maximum absolute atomic E-state index is 12.4. The van der Waals surface area contributed by atoms with Crippen molar-refractivity contribution in [2.24, 2.45) is 0 Å². The number of alkyl halides is 3. The van der Waals surface area contributed by atoms with E-state index in [2.05, 4.69) is 5.32 Å². The van der Waals surface area contributed by atoms with Crippen LogP contribution in [-0.2, 0) is 5.41 Å². The Hall–Kier alpha value is -2.12. The van der Waals surface area contributed by atoms with E-state index in [-0.39, 0.29) is 18.8 Å². The number of halogens is 3. The van der Waals surface area contributed by atoms with Crippen LogP contribution in [0.25, 0.3) is 0 Å². The first-order valence-corrected chi connectivity index (χ1v) is 9.25. The number of amides is 2. The zero-order valence-electron chi connectivity index (χ0n) is 15.4. The van der Waals surface area contributed by atoms with Crippen LogP contribution >= 0.6 is 0 Å². The van der Waals surface area contributed by atoms with Gasteiger partial charge in [-0.1, -0.05) is 25.3 Å². The number of ether oxygens (including phenoxy) is 2. The number of carbonyl (C=O) groups is 1. The highest BCUT2D eigenvalue weighted by Crippen LogP contribution is 2.43. The molecule has 5 nitrogen and oxygen atoms in total. The average Bonchev–Trinajstić information content (AvgIpc) is 3.12. The summed E-state index contributed by atoms with van der Waals surface area (Å²) in [4.78, 5) is 13.4. The lowest BCUT2D eigenvalue weighted by Gasteiger charge is -2.38. The highest BCUT2D eigenvalue weighted by atomic mass is 19.4. The molecule has 1 N–H and O–H groups in total. The van der Waals surface area contributed by atoms with Crippen molar-refractivity contribution in [3.8, 4) is 11.5 Å². The molecule has 0 saturated heterocycles. The van der Waals surface area contributed by atoms with Gasteiger partial charge in [-0.15, -0.1) is 0 Å². The molecule has 0 bridgehead atoms. The topological polar surface area (TPSA) is 50.8 Å². The predicted molar refractivity (Wildman–Crippen MR) is 94.0 cm³/mol. The predicted octanol–water partition coefficient (Wildman–Crippen LogP) is 4.21. The van der Waals surface area contributed by atoms with Crippen LogP contribution in [0.5, 0.6) is 11.5 Å². The Morgan fingerprint density at radius 2 is 1.89 bits per heavy atom. The Morgan fingerprint density at radius 3 is 2.59 bits per heavy atom. The van der Waals surface area contributed by atoms with Crippen molar-refractivity contribution in [3.05, 3.63) is 23.8 Å². The first kappa shape index (κ1) is 19.6. The van der Waals surface area contributed by atoms with Crippen molar-refractivity contribution in [3.63, 3.8) is 0 Å². The second kappa shape index (κ2) is 7.86. The molecule has 1 aliphatic carbocycles. The highest BCUT2D eigenvalue weighted by molar-refractivity contribution is 5.74. The number of urea groups is 1. The van der Waals surface area contributed by atoms with E-state index in [1.165, 1.54) is 7.05 Å². The molecule has 0 unspecified atom stereocenters. The van der Waals surface area contributed by atoms with Crippen LogP contribution in [0.3, 0.4) is 0 Å². The number of rotatable bonds is 5. The monoisotopic (exact) mass is 386 g/mol. The zero-order valence-corrected chi connectivity index (χ0v) is 15.4. The van der Waals surface area contributed by atoms with Crippen molar-refractivity contribution in [2.45, 2.75) is 50.1 Å². The molecular weight excluding hydrogens is 361 g/mol. The van der Waals surface area contributed by atoms with Gasteiger partial charge in [0.2, 0.25) is 6.79 Å². The summed E-state index contributed by atoms with van der Waals surface area (Å²) in [5, 5.41) is 2.84. The second-order valence-electron chi connectivity index (χ2n) is 7.35. The van der Waals surface area contributed by atoms with Crippen LogP contribution < -0.4 is 14.8 Å². The summed E-state index contributed by atoms with van der Waals surface area (Å²) in [6.45, 7) is 0.237. The molecule has 0 atom stereocenters. The molecule has 0 spiro atoms. The molecule has 150 valence electrons. The van der Waals surface area contributed by atoms with Gasteiger partial charge >= 0.3 is 12.2 Å². The number of hydrogen-bond donors (Lipinski definition) is 1. The summed E-state index contributed by atoms with van der Waals surface area (Å²) in [5.74, 6) is 1.41. The minimum Gasteiger partial charge on any atom is -0.454 e. The number of nitrogens with one attached hydrogen (secondary N) is 1. The summed E-state index contributed by atoms with van der Waals surface area (Å²) in [6.07, 6.45) is -0.206. The molecule has 1 aromatic rings. The Balaban J connectivity index is 1.67. The van der Waals surface area contributed by atoms with Crippen molar-refractivity contribution < 1.29 is 27.4 Å². The summed E-state index contributed by atoms with van der Waals surface area (Å²) < 4.78 is 47.9. The highest BCUT2D eigenvalue weighted by Gasteiger charge is 2.36. The molecule has 3 rings (SSSR count). The summed E-state index contributed by atoms with van der Waals surface area (Å²) >= 11 is 0. The summed E-state index contributed by atoms with van der Waals surface area (Å²) in [7, 11) is 1.38. The van der Waals surface area contributed by atoms with Gasteiger partial charge < -0.3 is 19.7 Å². The van der Waals surface area contributed by atoms with Crippen molar-refractivity contribution in [2.75, 3.05) is 26.9 Å². The lowest BCUT2D eigenvalue weighted by molar-refractivity contribution is -0.136. The van der Waals surface area contributed by atoms with E-state index in [9.17, 15) is 18.0 Å². The molecule has 1 fully saturated rings. The normalized spacial score (nSPS) is 18.2. The summed E-state index contributed by atoms with van der Waals surface area (Å²) in [6, 6.07) is 5.36. The minimum atomic E-state index is -4.27. The maximum atomic E-state index is 12.4. The largest absolute Gasteiger partial charge is 0.454 e. The van der Waals surface area contributed by atoms with Crippen LogP contribution in [-0.4, -0.2) is 44.0 Å². The minimum absolute atomic E-state index is 0.201. The quantitative estimate of drug-likeness (QED) is 0.825. The maximum Gasteiger partial charge on any atom is 0.390 e. The number of fused-ring (bicyclic) bond motifs is 1. The molecule has 8 heteroatoms. The van der Waals surface area contributed by atoms with Crippen LogP contribution in [0.4, 0.5) is 18.0 Å².